The average molecular weight is 394 g/mol. The van der Waals surface area contributed by atoms with Gasteiger partial charge < -0.3 is 9.85 Å². The van der Waals surface area contributed by atoms with Gasteiger partial charge in [-0.25, -0.2) is 0 Å². The molecule has 2 aromatic rings. The highest BCUT2D eigenvalue weighted by molar-refractivity contribution is 7.00. The topological polar surface area (TPSA) is 52.3 Å². The molecule has 0 radical (unpaired) electrons. The molecular weight excluding hydrogens is 366 g/mol. The number of benzene rings is 2. The van der Waals surface area contributed by atoms with Crippen molar-refractivity contribution in [3.05, 3.63) is 52.1 Å². The molecule has 2 aromatic carbocycles. The fourth-order valence-electron chi connectivity index (χ4n) is 5.52. The lowest BCUT2D eigenvalue weighted by atomic mass is 9.88. The number of hydrogen-bond acceptors (Lipinski definition) is 2. The summed E-state index contributed by atoms with van der Waals surface area (Å²) in [4.78, 5) is 12.7. The highest BCUT2D eigenvalue weighted by Gasteiger charge is 2.47. The van der Waals surface area contributed by atoms with Crippen LogP contribution in [0.25, 0.3) is 17.2 Å². The third-order valence-corrected chi connectivity index (χ3v) is 13.9. The van der Waals surface area contributed by atoms with Gasteiger partial charge in [-0.2, -0.15) is 0 Å². The number of rotatable bonds is 2. The summed E-state index contributed by atoms with van der Waals surface area (Å²) in [6.07, 6.45) is 5.32. The van der Waals surface area contributed by atoms with E-state index < -0.39 is 16.6 Å². The molecule has 27 heavy (non-hydrogen) atoms. The van der Waals surface area contributed by atoms with Crippen LogP contribution in [-0.2, 0) is 10.5 Å². The van der Waals surface area contributed by atoms with Crippen molar-refractivity contribution in [2.75, 3.05) is 0 Å². The molecule has 5 heteroatoms. The number of primary amides is 1. The maximum Gasteiger partial charge on any atom is 0.249 e. The van der Waals surface area contributed by atoms with Crippen LogP contribution in [0, 0.1) is 13.8 Å². The number of hydrogen-bond donors (Lipinski definition) is 1. The summed E-state index contributed by atoms with van der Waals surface area (Å²) in [6.45, 7) is 13.3. The Bertz CT molecular complexity index is 1040. The monoisotopic (exact) mass is 393 g/mol. The minimum Gasteiger partial charge on any atom is -0.449 e. The lowest BCUT2D eigenvalue weighted by molar-refractivity contribution is 0.100. The summed E-state index contributed by atoms with van der Waals surface area (Å²) >= 11 is 0. The Kier molecular flexibility index (Phi) is 3.93. The molecule has 0 spiro atoms. The highest BCUT2D eigenvalue weighted by Crippen LogP contribution is 2.38. The molecule has 1 aliphatic heterocycles. The SMILES string of the molecule is Cc1c(-c2cccc3c2C=CC3)c(C(N)=O)c2c(C)c1[Si](C)(C)O[Si]2(C)C. The third kappa shape index (κ3) is 2.52. The normalized spacial score (nSPS) is 18.4. The lowest BCUT2D eigenvalue weighted by Crippen LogP contribution is -2.67. The molecule has 1 amide bonds. The molecule has 140 valence electrons. The zero-order valence-electron chi connectivity index (χ0n) is 17.0. The third-order valence-electron chi connectivity index (χ3n) is 6.05. The zero-order valence-corrected chi connectivity index (χ0v) is 19.0. The van der Waals surface area contributed by atoms with Crippen LogP contribution in [-0.4, -0.2) is 22.5 Å². The molecule has 0 atom stereocenters. The number of nitrogens with two attached hydrogens (primary N) is 1. The summed E-state index contributed by atoms with van der Waals surface area (Å²) in [7, 11) is -4.29. The van der Waals surface area contributed by atoms with E-state index in [-0.39, 0.29) is 5.91 Å². The molecule has 2 N–H and O–H groups in total. The van der Waals surface area contributed by atoms with Crippen LogP contribution in [0.4, 0.5) is 0 Å². The molecular formula is C22H27NO2Si2. The van der Waals surface area contributed by atoms with Gasteiger partial charge in [0, 0.05) is 5.56 Å². The van der Waals surface area contributed by atoms with Crippen LogP contribution in [0.1, 0.15) is 32.6 Å². The van der Waals surface area contributed by atoms with Gasteiger partial charge in [0.15, 0.2) is 0 Å². The first kappa shape index (κ1) is 18.4. The fourth-order valence-corrected chi connectivity index (χ4v) is 15.5. The molecule has 0 unspecified atom stereocenters. The van der Waals surface area contributed by atoms with E-state index in [0.717, 1.165) is 22.7 Å². The second kappa shape index (κ2) is 5.77. The first-order valence-corrected chi connectivity index (χ1v) is 15.3. The van der Waals surface area contributed by atoms with Crippen LogP contribution in [0.15, 0.2) is 24.3 Å². The minimum absolute atomic E-state index is 0.345. The van der Waals surface area contributed by atoms with Crippen molar-refractivity contribution < 1.29 is 8.91 Å². The van der Waals surface area contributed by atoms with E-state index in [4.69, 9.17) is 9.85 Å². The van der Waals surface area contributed by atoms with E-state index in [1.165, 1.54) is 27.4 Å². The maximum absolute atomic E-state index is 12.7. The van der Waals surface area contributed by atoms with Gasteiger partial charge in [0.1, 0.15) is 0 Å². The molecule has 0 fully saturated rings. The van der Waals surface area contributed by atoms with Crippen LogP contribution in [0.5, 0.6) is 0 Å². The van der Waals surface area contributed by atoms with Gasteiger partial charge >= 0.3 is 0 Å². The van der Waals surface area contributed by atoms with Crippen molar-refractivity contribution >= 4 is 39.0 Å². The van der Waals surface area contributed by atoms with Crippen LogP contribution < -0.4 is 16.1 Å². The number of fused-ring (bicyclic) bond motifs is 3. The van der Waals surface area contributed by atoms with Gasteiger partial charge in [0.05, 0.1) is 0 Å². The lowest BCUT2D eigenvalue weighted by Gasteiger charge is -2.44. The van der Waals surface area contributed by atoms with Crippen molar-refractivity contribution in [3.8, 4) is 11.1 Å². The smallest absolute Gasteiger partial charge is 0.249 e. The Morgan fingerprint density at radius 1 is 1.04 bits per heavy atom. The standard InChI is InChI=1S/C22H27NO2Si2/c1-13-18(17-12-8-10-15-9-7-11-16(15)17)19(22(23)24)21-14(2)20(13)26(3,4)25-27(21,5)6/h7-8,10-12H,9H2,1-6H3,(H2,23,24). The molecule has 1 heterocycles. The molecule has 2 aliphatic rings. The first-order chi connectivity index (χ1) is 12.6. The largest absolute Gasteiger partial charge is 0.449 e. The van der Waals surface area contributed by atoms with Crippen molar-refractivity contribution in [2.45, 2.75) is 46.5 Å². The van der Waals surface area contributed by atoms with Crippen LogP contribution in [0.2, 0.25) is 26.2 Å². The molecule has 1 aliphatic carbocycles. The van der Waals surface area contributed by atoms with E-state index in [1.54, 1.807) is 0 Å². The van der Waals surface area contributed by atoms with Gasteiger partial charge in [-0.3, -0.25) is 4.79 Å². The average Bonchev–Trinajstić information content (AvgIpc) is 3.00. The molecule has 3 nitrogen and oxygen atoms in total. The molecule has 2 bridgehead atoms. The molecule has 4 rings (SSSR count). The van der Waals surface area contributed by atoms with Crippen LogP contribution >= 0.6 is 0 Å². The maximum atomic E-state index is 12.7. The first-order valence-electron chi connectivity index (χ1n) is 9.53. The van der Waals surface area contributed by atoms with E-state index in [9.17, 15) is 4.79 Å². The Morgan fingerprint density at radius 2 is 1.70 bits per heavy atom. The summed E-state index contributed by atoms with van der Waals surface area (Å²) in [6, 6.07) is 6.40. The summed E-state index contributed by atoms with van der Waals surface area (Å²) in [5, 5.41) is 2.43. The van der Waals surface area contributed by atoms with E-state index >= 15 is 0 Å². The van der Waals surface area contributed by atoms with Crippen molar-refractivity contribution in [1.82, 2.24) is 0 Å². The van der Waals surface area contributed by atoms with Crippen molar-refractivity contribution in [2.24, 2.45) is 5.73 Å². The number of carbonyl (C=O) groups excluding carboxylic acids is 1. The second-order valence-corrected chi connectivity index (χ2v) is 16.6. The Balaban J connectivity index is 2.21. The Hall–Kier alpha value is -1.96. The number of amides is 1. The highest BCUT2D eigenvalue weighted by atomic mass is 28.4. The summed E-state index contributed by atoms with van der Waals surface area (Å²) < 4.78 is 6.73. The van der Waals surface area contributed by atoms with Gasteiger partial charge in [-0.15, -0.1) is 0 Å². The van der Waals surface area contributed by atoms with E-state index in [1.807, 2.05) is 0 Å². The quantitative estimate of drug-likeness (QED) is 0.794. The fraction of sp³-hybridized carbons (Fsp3) is 0.318. The molecule has 0 saturated heterocycles. The molecule has 0 aromatic heterocycles. The Morgan fingerprint density at radius 3 is 2.37 bits per heavy atom. The van der Waals surface area contributed by atoms with E-state index in [0.29, 0.717) is 5.56 Å². The van der Waals surface area contributed by atoms with E-state index in [2.05, 4.69) is 70.4 Å². The predicted molar refractivity (Wildman–Crippen MR) is 118 cm³/mol. The Labute approximate surface area is 163 Å². The predicted octanol–water partition coefficient (Wildman–Crippen LogP) is 3.49. The molecule has 0 saturated carbocycles. The minimum atomic E-state index is -2.23. The van der Waals surface area contributed by atoms with Crippen LogP contribution in [0.3, 0.4) is 0 Å². The van der Waals surface area contributed by atoms with Gasteiger partial charge in [0.25, 0.3) is 0 Å². The van der Waals surface area contributed by atoms with Crippen molar-refractivity contribution in [1.29, 1.82) is 0 Å². The summed E-state index contributed by atoms with van der Waals surface area (Å²) in [5.74, 6) is -0.345. The zero-order chi connectivity index (χ0) is 19.7. The van der Waals surface area contributed by atoms with Gasteiger partial charge in [-0.05, 0) is 90.2 Å². The second-order valence-electron chi connectivity index (χ2n) is 8.72. The van der Waals surface area contributed by atoms with Crippen molar-refractivity contribution in [3.63, 3.8) is 0 Å². The summed E-state index contributed by atoms with van der Waals surface area (Å²) in [5.41, 5.74) is 13.8. The van der Waals surface area contributed by atoms with Gasteiger partial charge in [0.2, 0.25) is 22.5 Å². The number of allylic oxidation sites excluding steroid dienone is 1. The van der Waals surface area contributed by atoms with Gasteiger partial charge in [-0.1, -0.05) is 30.4 Å². The number of carbonyl (C=O) groups is 1.